The number of benzene rings is 2. The fourth-order valence-corrected chi connectivity index (χ4v) is 3.83. The Morgan fingerprint density at radius 1 is 1.04 bits per heavy atom. The van der Waals surface area contributed by atoms with Gasteiger partial charge in [0, 0.05) is 24.3 Å². The molecular weight excluding hydrogens is 342 g/mol. The van der Waals surface area contributed by atoms with Gasteiger partial charge in [-0.2, -0.15) is 0 Å². The van der Waals surface area contributed by atoms with Crippen LogP contribution in [0.1, 0.15) is 10.4 Å². The molecule has 1 amide bonds. The summed E-state index contributed by atoms with van der Waals surface area (Å²) in [7, 11) is -3.76. The Kier molecular flexibility index (Phi) is 5.14. The van der Waals surface area contributed by atoms with E-state index in [-0.39, 0.29) is 10.8 Å². The van der Waals surface area contributed by atoms with Crippen molar-refractivity contribution >= 4 is 21.6 Å². The Labute approximate surface area is 146 Å². The van der Waals surface area contributed by atoms with Crippen LogP contribution in [-0.2, 0) is 10.0 Å². The number of aliphatic hydroxyl groups is 1. The second kappa shape index (κ2) is 7.32. The lowest BCUT2D eigenvalue weighted by Crippen LogP contribution is -2.42. The van der Waals surface area contributed by atoms with Crippen LogP contribution in [0, 0.1) is 0 Å². The van der Waals surface area contributed by atoms with E-state index in [1.165, 1.54) is 24.3 Å². The zero-order valence-corrected chi connectivity index (χ0v) is 14.2. The molecule has 132 valence electrons. The standard InChI is InChI=1S/C17H19N3O4S/c21-16-11-18-10-15(16)20-25(23,24)14-8-6-12(7-9-14)17(22)19-13-4-2-1-3-5-13/h1-9,15-16,18,20-21H,10-11H2,(H,19,22)/t15-,16-/m1/s1. The van der Waals surface area contributed by atoms with Gasteiger partial charge in [0.2, 0.25) is 10.0 Å². The zero-order chi connectivity index (χ0) is 17.9. The molecule has 2 aromatic carbocycles. The highest BCUT2D eigenvalue weighted by Gasteiger charge is 2.29. The molecule has 0 aliphatic carbocycles. The lowest BCUT2D eigenvalue weighted by molar-refractivity contribution is 0.102. The first-order valence-electron chi connectivity index (χ1n) is 7.83. The fraction of sp³-hybridized carbons (Fsp3) is 0.235. The molecule has 3 rings (SSSR count). The maximum atomic E-state index is 12.4. The molecule has 1 aliphatic rings. The van der Waals surface area contributed by atoms with Crippen LogP contribution in [0.15, 0.2) is 59.5 Å². The van der Waals surface area contributed by atoms with Crippen molar-refractivity contribution in [3.63, 3.8) is 0 Å². The number of nitrogens with one attached hydrogen (secondary N) is 3. The van der Waals surface area contributed by atoms with Crippen molar-refractivity contribution < 1.29 is 18.3 Å². The Balaban J connectivity index is 1.70. The van der Waals surface area contributed by atoms with Gasteiger partial charge in [-0.1, -0.05) is 18.2 Å². The van der Waals surface area contributed by atoms with Crippen molar-refractivity contribution in [3.8, 4) is 0 Å². The minimum absolute atomic E-state index is 0.0443. The monoisotopic (exact) mass is 361 g/mol. The first-order valence-corrected chi connectivity index (χ1v) is 9.31. The highest BCUT2D eigenvalue weighted by atomic mass is 32.2. The SMILES string of the molecule is O=C(Nc1ccccc1)c1ccc(S(=O)(=O)N[C@@H]2CNC[C@H]2O)cc1. The first kappa shape index (κ1) is 17.6. The maximum absolute atomic E-state index is 12.4. The number of anilines is 1. The molecule has 1 aliphatic heterocycles. The first-order chi connectivity index (χ1) is 12.0. The molecule has 0 saturated carbocycles. The van der Waals surface area contributed by atoms with Crippen LogP contribution in [0.4, 0.5) is 5.69 Å². The lowest BCUT2D eigenvalue weighted by Gasteiger charge is -2.15. The van der Waals surface area contributed by atoms with E-state index in [4.69, 9.17) is 0 Å². The van der Waals surface area contributed by atoms with E-state index in [0.29, 0.717) is 24.3 Å². The number of aliphatic hydroxyl groups excluding tert-OH is 1. The molecule has 0 unspecified atom stereocenters. The average molecular weight is 361 g/mol. The molecule has 0 spiro atoms. The van der Waals surface area contributed by atoms with Gasteiger partial charge in [0.15, 0.2) is 0 Å². The summed E-state index contributed by atoms with van der Waals surface area (Å²) in [6.45, 7) is 0.726. The summed E-state index contributed by atoms with van der Waals surface area (Å²) >= 11 is 0. The Morgan fingerprint density at radius 3 is 2.32 bits per heavy atom. The van der Waals surface area contributed by atoms with Crippen LogP contribution in [0.5, 0.6) is 0 Å². The van der Waals surface area contributed by atoms with Gasteiger partial charge in [-0.25, -0.2) is 13.1 Å². The smallest absolute Gasteiger partial charge is 0.255 e. The van der Waals surface area contributed by atoms with Gasteiger partial charge in [0.1, 0.15) is 0 Å². The molecule has 0 radical (unpaired) electrons. The molecule has 2 aromatic rings. The molecule has 4 N–H and O–H groups in total. The molecule has 0 aromatic heterocycles. The number of rotatable bonds is 5. The van der Waals surface area contributed by atoms with Crippen LogP contribution in [0.2, 0.25) is 0 Å². The van der Waals surface area contributed by atoms with E-state index in [0.717, 1.165) is 0 Å². The summed E-state index contributed by atoms with van der Waals surface area (Å²) in [6, 6.07) is 14.1. The molecule has 25 heavy (non-hydrogen) atoms. The van der Waals surface area contributed by atoms with Crippen LogP contribution in [-0.4, -0.2) is 44.7 Å². The number of carbonyl (C=O) groups is 1. The second-order valence-corrected chi connectivity index (χ2v) is 7.51. The van der Waals surface area contributed by atoms with Crippen LogP contribution >= 0.6 is 0 Å². The number of hydrogen-bond acceptors (Lipinski definition) is 5. The van der Waals surface area contributed by atoms with Crippen LogP contribution in [0.25, 0.3) is 0 Å². The van der Waals surface area contributed by atoms with Gasteiger partial charge in [0.25, 0.3) is 5.91 Å². The molecule has 1 saturated heterocycles. The number of hydrogen-bond donors (Lipinski definition) is 4. The minimum atomic E-state index is -3.76. The van der Waals surface area contributed by atoms with E-state index in [1.54, 1.807) is 12.1 Å². The van der Waals surface area contributed by atoms with Crippen molar-refractivity contribution in [2.75, 3.05) is 18.4 Å². The van der Waals surface area contributed by atoms with Gasteiger partial charge >= 0.3 is 0 Å². The zero-order valence-electron chi connectivity index (χ0n) is 13.3. The number of amides is 1. The van der Waals surface area contributed by atoms with Gasteiger partial charge < -0.3 is 15.7 Å². The van der Waals surface area contributed by atoms with E-state index in [1.807, 2.05) is 18.2 Å². The van der Waals surface area contributed by atoms with E-state index in [2.05, 4.69) is 15.4 Å². The topological polar surface area (TPSA) is 108 Å². The van der Waals surface area contributed by atoms with Gasteiger partial charge in [0.05, 0.1) is 17.0 Å². The molecule has 7 nitrogen and oxygen atoms in total. The number of sulfonamides is 1. The summed E-state index contributed by atoms with van der Waals surface area (Å²) < 4.78 is 27.2. The second-order valence-electron chi connectivity index (χ2n) is 5.80. The maximum Gasteiger partial charge on any atom is 0.255 e. The largest absolute Gasteiger partial charge is 0.390 e. The summed E-state index contributed by atoms with van der Waals surface area (Å²) in [4.78, 5) is 12.2. The molecule has 0 bridgehead atoms. The van der Waals surface area contributed by atoms with Crippen LogP contribution in [0.3, 0.4) is 0 Å². The van der Waals surface area contributed by atoms with Crippen molar-refractivity contribution in [2.24, 2.45) is 0 Å². The molecule has 2 atom stereocenters. The van der Waals surface area contributed by atoms with E-state index in [9.17, 15) is 18.3 Å². The summed E-state index contributed by atoms with van der Waals surface area (Å²) in [5, 5.41) is 15.4. The van der Waals surface area contributed by atoms with Crippen molar-refractivity contribution in [1.29, 1.82) is 0 Å². The van der Waals surface area contributed by atoms with Gasteiger partial charge in [-0.15, -0.1) is 0 Å². The highest BCUT2D eigenvalue weighted by Crippen LogP contribution is 2.14. The Bertz CT molecular complexity index is 838. The highest BCUT2D eigenvalue weighted by molar-refractivity contribution is 7.89. The van der Waals surface area contributed by atoms with Gasteiger partial charge in [-0.3, -0.25) is 4.79 Å². The summed E-state index contributed by atoms with van der Waals surface area (Å²) in [5.41, 5.74) is 1.01. The average Bonchev–Trinajstić information content (AvgIpc) is 3.00. The Hall–Kier alpha value is -2.26. The summed E-state index contributed by atoms with van der Waals surface area (Å²) in [6.07, 6.45) is -0.759. The number of para-hydroxylation sites is 1. The van der Waals surface area contributed by atoms with Crippen molar-refractivity contribution in [1.82, 2.24) is 10.0 Å². The third-order valence-electron chi connectivity index (χ3n) is 3.95. The lowest BCUT2D eigenvalue weighted by atomic mass is 10.2. The van der Waals surface area contributed by atoms with Crippen molar-refractivity contribution in [2.45, 2.75) is 17.0 Å². The predicted molar refractivity (Wildman–Crippen MR) is 93.8 cm³/mol. The van der Waals surface area contributed by atoms with Crippen molar-refractivity contribution in [3.05, 3.63) is 60.2 Å². The van der Waals surface area contributed by atoms with Crippen LogP contribution < -0.4 is 15.4 Å². The van der Waals surface area contributed by atoms with Gasteiger partial charge in [-0.05, 0) is 36.4 Å². The Morgan fingerprint density at radius 2 is 1.72 bits per heavy atom. The predicted octanol–water partition coefficient (Wildman–Crippen LogP) is 0.550. The fourth-order valence-electron chi connectivity index (χ4n) is 2.56. The molecule has 1 heterocycles. The third kappa shape index (κ3) is 4.23. The summed E-state index contributed by atoms with van der Waals surface area (Å²) in [5.74, 6) is -0.321. The molecule has 8 heteroatoms. The quantitative estimate of drug-likeness (QED) is 0.622. The van der Waals surface area contributed by atoms with E-state index >= 15 is 0 Å². The number of carbonyl (C=O) groups excluding carboxylic acids is 1. The minimum Gasteiger partial charge on any atom is -0.390 e. The normalized spacial score (nSPS) is 20.4. The molecule has 1 fully saturated rings. The third-order valence-corrected chi connectivity index (χ3v) is 5.45. The van der Waals surface area contributed by atoms with E-state index < -0.39 is 22.2 Å². The number of β-amino-alcohol motifs (C(OH)–C–C–N with tert-alkyl or cyclic N) is 1. The molecular formula is C17H19N3O4S.